The van der Waals surface area contributed by atoms with Crippen LogP contribution >= 0.6 is 0 Å². The molecular weight excluding hydrogens is 260 g/mol. The Morgan fingerprint density at radius 1 is 1.14 bits per heavy atom. The highest BCUT2D eigenvalue weighted by atomic mass is 16.2. The second-order valence-electron chi connectivity index (χ2n) is 6.38. The molecule has 0 spiro atoms. The van der Waals surface area contributed by atoms with Crippen LogP contribution in [-0.4, -0.2) is 15.7 Å². The van der Waals surface area contributed by atoms with E-state index in [1.54, 1.807) is 6.08 Å². The Kier molecular flexibility index (Phi) is 4.12. The molecule has 3 nitrogen and oxygen atoms in total. The molecule has 1 heterocycles. The molecule has 0 fully saturated rings. The van der Waals surface area contributed by atoms with Crippen molar-refractivity contribution in [1.82, 2.24) is 9.78 Å². The second kappa shape index (κ2) is 5.68. The van der Waals surface area contributed by atoms with E-state index in [-0.39, 0.29) is 11.3 Å². The lowest BCUT2D eigenvalue weighted by molar-refractivity contribution is 0.0952. The van der Waals surface area contributed by atoms with Gasteiger partial charge in [-0.2, -0.15) is 5.10 Å². The average Bonchev–Trinajstić information content (AvgIpc) is 2.74. The number of carbonyl (C=O) groups excluding carboxylic acids is 1. The van der Waals surface area contributed by atoms with Gasteiger partial charge in [-0.3, -0.25) is 4.79 Å². The summed E-state index contributed by atoms with van der Waals surface area (Å²) in [6, 6.07) is 10.2. The molecule has 110 valence electrons. The normalized spacial score (nSPS) is 12.0. The largest absolute Gasteiger partial charge is 0.271 e. The Labute approximate surface area is 126 Å². The van der Waals surface area contributed by atoms with Crippen LogP contribution in [0.3, 0.4) is 0 Å². The van der Waals surface area contributed by atoms with Gasteiger partial charge in [0.1, 0.15) is 0 Å². The molecule has 1 aromatic carbocycles. The molecule has 1 aromatic heterocycles. The summed E-state index contributed by atoms with van der Waals surface area (Å²) >= 11 is 0. The van der Waals surface area contributed by atoms with Gasteiger partial charge in [-0.05, 0) is 42.5 Å². The Hall–Kier alpha value is -2.16. The molecule has 0 aliphatic rings. The van der Waals surface area contributed by atoms with E-state index in [0.717, 1.165) is 17.0 Å². The average molecular weight is 282 g/mol. The number of allylic oxidation sites excluding steroid dienone is 1. The number of hydrogen-bond acceptors (Lipinski definition) is 2. The van der Waals surface area contributed by atoms with Gasteiger partial charge in [-0.1, -0.05) is 45.0 Å². The first-order valence-corrected chi connectivity index (χ1v) is 7.13. The maximum atomic E-state index is 12.1. The summed E-state index contributed by atoms with van der Waals surface area (Å²) in [6.07, 6.45) is 3.39. The van der Waals surface area contributed by atoms with Crippen LogP contribution < -0.4 is 0 Å². The van der Waals surface area contributed by atoms with Crippen LogP contribution in [0, 0.1) is 13.8 Å². The summed E-state index contributed by atoms with van der Waals surface area (Å²) in [4.78, 5) is 12.1. The third-order valence-corrected chi connectivity index (χ3v) is 3.41. The smallest absolute Gasteiger partial charge is 0.267 e. The third-order valence-electron chi connectivity index (χ3n) is 3.41. The van der Waals surface area contributed by atoms with Crippen LogP contribution in [0.1, 0.15) is 48.1 Å². The van der Waals surface area contributed by atoms with Crippen molar-refractivity contribution in [2.75, 3.05) is 0 Å². The number of hydrogen-bond donors (Lipinski definition) is 0. The topological polar surface area (TPSA) is 34.9 Å². The zero-order chi connectivity index (χ0) is 15.6. The summed E-state index contributed by atoms with van der Waals surface area (Å²) in [5.41, 5.74) is 4.14. The maximum absolute atomic E-state index is 12.1. The predicted molar refractivity (Wildman–Crippen MR) is 86.5 cm³/mol. The molecule has 0 saturated carbocycles. The molecule has 0 aliphatic heterocycles. The lowest BCUT2D eigenvalue weighted by Crippen LogP contribution is -2.11. The van der Waals surface area contributed by atoms with E-state index in [1.807, 2.05) is 38.1 Å². The van der Waals surface area contributed by atoms with Gasteiger partial charge in [-0.15, -0.1) is 0 Å². The van der Waals surface area contributed by atoms with E-state index < -0.39 is 0 Å². The van der Waals surface area contributed by atoms with Crippen LogP contribution in [0.2, 0.25) is 0 Å². The van der Waals surface area contributed by atoms with E-state index in [2.05, 4.69) is 38.0 Å². The molecule has 2 aromatic rings. The van der Waals surface area contributed by atoms with Crippen LogP contribution in [0.4, 0.5) is 0 Å². The molecular formula is C18H22N2O. The fourth-order valence-corrected chi connectivity index (χ4v) is 2.18. The highest BCUT2D eigenvalue weighted by Gasteiger charge is 2.12. The fraction of sp³-hybridized carbons (Fsp3) is 0.333. The van der Waals surface area contributed by atoms with Crippen molar-refractivity contribution in [3.8, 4) is 0 Å². The Balaban J connectivity index is 2.14. The van der Waals surface area contributed by atoms with Crippen molar-refractivity contribution in [2.24, 2.45) is 0 Å². The molecule has 0 aliphatic carbocycles. The molecule has 0 radical (unpaired) electrons. The van der Waals surface area contributed by atoms with Crippen molar-refractivity contribution in [3.05, 3.63) is 58.9 Å². The molecule has 0 saturated heterocycles. The Morgan fingerprint density at radius 2 is 1.76 bits per heavy atom. The van der Waals surface area contributed by atoms with Crippen LogP contribution in [0.25, 0.3) is 6.08 Å². The van der Waals surface area contributed by atoms with E-state index >= 15 is 0 Å². The van der Waals surface area contributed by atoms with Crippen LogP contribution in [0.5, 0.6) is 0 Å². The third kappa shape index (κ3) is 3.69. The molecule has 0 unspecified atom stereocenters. The van der Waals surface area contributed by atoms with Crippen molar-refractivity contribution in [2.45, 2.75) is 40.0 Å². The summed E-state index contributed by atoms with van der Waals surface area (Å²) < 4.78 is 1.43. The summed E-state index contributed by atoms with van der Waals surface area (Å²) in [5.74, 6) is -0.125. The van der Waals surface area contributed by atoms with Crippen molar-refractivity contribution in [1.29, 1.82) is 0 Å². The summed E-state index contributed by atoms with van der Waals surface area (Å²) in [6.45, 7) is 10.3. The second-order valence-corrected chi connectivity index (χ2v) is 6.38. The summed E-state index contributed by atoms with van der Waals surface area (Å²) in [5, 5.41) is 4.18. The molecule has 0 amide bonds. The fourth-order valence-electron chi connectivity index (χ4n) is 2.18. The lowest BCUT2D eigenvalue weighted by Gasteiger charge is -2.18. The minimum atomic E-state index is -0.125. The van der Waals surface area contributed by atoms with Gasteiger partial charge in [-0.25, -0.2) is 4.68 Å². The zero-order valence-electron chi connectivity index (χ0n) is 13.3. The molecule has 3 heteroatoms. The lowest BCUT2D eigenvalue weighted by atomic mass is 9.87. The van der Waals surface area contributed by atoms with Gasteiger partial charge in [0.05, 0.1) is 5.69 Å². The standard InChI is InChI=1S/C18H22N2O/c1-13-12-14(2)20(19-13)17(21)11-8-15-6-9-16(10-7-15)18(3,4)5/h6-12H,1-5H3/b11-8+. The van der Waals surface area contributed by atoms with Gasteiger partial charge in [0, 0.05) is 11.8 Å². The van der Waals surface area contributed by atoms with E-state index in [0.29, 0.717) is 0 Å². The first-order chi connectivity index (χ1) is 9.77. The molecule has 21 heavy (non-hydrogen) atoms. The van der Waals surface area contributed by atoms with E-state index in [4.69, 9.17) is 0 Å². The van der Waals surface area contributed by atoms with Gasteiger partial charge in [0.2, 0.25) is 0 Å². The highest BCUT2D eigenvalue weighted by molar-refractivity contribution is 5.93. The molecule has 0 N–H and O–H groups in total. The quantitative estimate of drug-likeness (QED) is 0.775. The van der Waals surface area contributed by atoms with Crippen LogP contribution in [0.15, 0.2) is 36.4 Å². The van der Waals surface area contributed by atoms with Crippen molar-refractivity contribution >= 4 is 12.0 Å². The first kappa shape index (κ1) is 15.2. The van der Waals surface area contributed by atoms with Gasteiger partial charge < -0.3 is 0 Å². The minimum absolute atomic E-state index is 0.125. The number of benzene rings is 1. The van der Waals surface area contributed by atoms with E-state index in [1.165, 1.54) is 10.2 Å². The molecule has 0 bridgehead atoms. The van der Waals surface area contributed by atoms with Crippen molar-refractivity contribution < 1.29 is 4.79 Å². The Bertz CT molecular complexity index is 670. The van der Waals surface area contributed by atoms with E-state index in [9.17, 15) is 4.79 Å². The van der Waals surface area contributed by atoms with Gasteiger partial charge >= 0.3 is 0 Å². The monoisotopic (exact) mass is 282 g/mol. The highest BCUT2D eigenvalue weighted by Crippen LogP contribution is 2.22. The predicted octanol–water partition coefficient (Wildman–Crippen LogP) is 4.15. The number of carbonyl (C=O) groups is 1. The SMILES string of the molecule is Cc1cc(C)n(C(=O)/C=C/c2ccc(C(C)(C)C)cc2)n1. The maximum Gasteiger partial charge on any atom is 0.271 e. The summed E-state index contributed by atoms with van der Waals surface area (Å²) in [7, 11) is 0. The molecule has 0 atom stereocenters. The zero-order valence-corrected chi connectivity index (χ0v) is 13.3. The Morgan fingerprint density at radius 3 is 2.24 bits per heavy atom. The van der Waals surface area contributed by atoms with Gasteiger partial charge in [0.15, 0.2) is 0 Å². The number of nitrogens with zero attached hydrogens (tertiary/aromatic N) is 2. The van der Waals surface area contributed by atoms with Crippen LogP contribution in [-0.2, 0) is 5.41 Å². The van der Waals surface area contributed by atoms with Gasteiger partial charge in [0.25, 0.3) is 5.91 Å². The molecule has 2 rings (SSSR count). The minimum Gasteiger partial charge on any atom is -0.267 e. The number of aryl methyl sites for hydroxylation is 2. The van der Waals surface area contributed by atoms with Crippen molar-refractivity contribution in [3.63, 3.8) is 0 Å². The number of rotatable bonds is 2. The number of aromatic nitrogens is 2. The first-order valence-electron chi connectivity index (χ1n) is 7.13.